The zero-order valence-electron chi connectivity index (χ0n) is 14.3. The summed E-state index contributed by atoms with van der Waals surface area (Å²) in [6, 6.07) is 28.6. The molecule has 0 radical (unpaired) electrons. The normalized spacial score (nSPS) is 13.3. The standard InChI is InChI=1S/C21H21O4P/c22-26(23,17-24-20-14-8-3-9-15-20)25-16-21(18-10-4-1-5-11-18)19-12-6-2-7-13-19/h1-15,21H,16-17H2,(H,22,23). The molecule has 4 nitrogen and oxygen atoms in total. The van der Waals surface area contributed by atoms with E-state index in [0.717, 1.165) is 11.1 Å². The summed E-state index contributed by atoms with van der Waals surface area (Å²) < 4.78 is 23.1. The molecule has 0 bridgehead atoms. The monoisotopic (exact) mass is 368 g/mol. The number of para-hydroxylation sites is 1. The third kappa shape index (κ3) is 5.30. The highest BCUT2D eigenvalue weighted by Gasteiger charge is 2.24. The van der Waals surface area contributed by atoms with Crippen LogP contribution in [0.2, 0.25) is 0 Å². The molecule has 1 unspecified atom stereocenters. The Morgan fingerprint density at radius 1 is 0.769 bits per heavy atom. The molecule has 0 saturated heterocycles. The minimum atomic E-state index is -3.87. The van der Waals surface area contributed by atoms with E-state index in [-0.39, 0.29) is 18.9 Å². The van der Waals surface area contributed by atoms with Crippen LogP contribution in [-0.4, -0.2) is 17.8 Å². The lowest BCUT2D eigenvalue weighted by molar-refractivity contribution is 0.224. The maximum atomic E-state index is 12.4. The maximum absolute atomic E-state index is 12.4. The van der Waals surface area contributed by atoms with Gasteiger partial charge < -0.3 is 14.2 Å². The molecule has 3 aromatic carbocycles. The Morgan fingerprint density at radius 2 is 1.23 bits per heavy atom. The van der Waals surface area contributed by atoms with Crippen molar-refractivity contribution in [2.45, 2.75) is 5.92 Å². The summed E-state index contributed by atoms with van der Waals surface area (Å²) in [6.45, 7) is 0.0972. The molecule has 1 N–H and O–H groups in total. The quantitative estimate of drug-likeness (QED) is 0.565. The van der Waals surface area contributed by atoms with Gasteiger partial charge in [-0.2, -0.15) is 0 Å². The Labute approximate surface area is 153 Å². The van der Waals surface area contributed by atoms with E-state index in [2.05, 4.69) is 0 Å². The van der Waals surface area contributed by atoms with Gasteiger partial charge in [-0.05, 0) is 23.3 Å². The van der Waals surface area contributed by atoms with Crippen molar-refractivity contribution in [2.75, 3.05) is 13.0 Å². The highest BCUT2D eigenvalue weighted by molar-refractivity contribution is 7.52. The van der Waals surface area contributed by atoms with Gasteiger partial charge in [0.05, 0.1) is 6.61 Å². The molecule has 0 fully saturated rings. The first-order valence-corrected chi connectivity index (χ1v) is 10.1. The molecule has 0 aromatic heterocycles. The molecule has 3 aromatic rings. The Kier molecular flexibility index (Phi) is 6.24. The third-order valence-corrected chi connectivity index (χ3v) is 4.99. The maximum Gasteiger partial charge on any atom is 0.365 e. The summed E-state index contributed by atoms with van der Waals surface area (Å²) in [5.41, 5.74) is 2.06. The fourth-order valence-electron chi connectivity index (χ4n) is 2.66. The molecule has 1 atom stereocenters. The van der Waals surface area contributed by atoms with Crippen molar-refractivity contribution in [3.05, 3.63) is 102 Å². The average Bonchev–Trinajstić information content (AvgIpc) is 2.69. The Hall–Kier alpha value is -2.39. The van der Waals surface area contributed by atoms with E-state index in [9.17, 15) is 9.46 Å². The van der Waals surface area contributed by atoms with Crippen LogP contribution in [0.3, 0.4) is 0 Å². The minimum absolute atomic E-state index is 0.0972. The minimum Gasteiger partial charge on any atom is -0.481 e. The van der Waals surface area contributed by atoms with Gasteiger partial charge in [0.25, 0.3) is 0 Å². The lowest BCUT2D eigenvalue weighted by atomic mass is 9.92. The van der Waals surface area contributed by atoms with Crippen molar-refractivity contribution in [3.8, 4) is 5.75 Å². The lowest BCUT2D eigenvalue weighted by Gasteiger charge is -2.20. The van der Waals surface area contributed by atoms with Crippen LogP contribution in [0.15, 0.2) is 91.0 Å². The Morgan fingerprint density at radius 3 is 1.73 bits per heavy atom. The number of benzene rings is 3. The summed E-state index contributed by atoms with van der Waals surface area (Å²) in [7, 11) is -3.87. The van der Waals surface area contributed by atoms with E-state index >= 15 is 0 Å². The molecular weight excluding hydrogens is 347 g/mol. The highest BCUT2D eigenvalue weighted by atomic mass is 31.2. The SMILES string of the molecule is O=P(O)(COc1ccccc1)OCC(c1ccccc1)c1ccccc1. The van der Waals surface area contributed by atoms with E-state index in [1.807, 2.05) is 66.7 Å². The third-order valence-electron chi connectivity index (χ3n) is 3.98. The molecule has 0 aliphatic rings. The Bertz CT molecular complexity index is 798. The predicted molar refractivity (Wildman–Crippen MR) is 102 cm³/mol. The molecule has 3 rings (SSSR count). The molecule has 0 amide bonds. The van der Waals surface area contributed by atoms with E-state index < -0.39 is 7.60 Å². The zero-order valence-corrected chi connectivity index (χ0v) is 15.2. The second-order valence-electron chi connectivity index (χ2n) is 5.89. The highest BCUT2D eigenvalue weighted by Crippen LogP contribution is 2.43. The summed E-state index contributed by atoms with van der Waals surface area (Å²) in [4.78, 5) is 10.1. The number of hydrogen-bond donors (Lipinski definition) is 1. The van der Waals surface area contributed by atoms with Gasteiger partial charge in [-0.3, -0.25) is 4.57 Å². The molecule has 26 heavy (non-hydrogen) atoms. The van der Waals surface area contributed by atoms with Crippen LogP contribution >= 0.6 is 7.60 Å². The summed E-state index contributed by atoms with van der Waals surface area (Å²) >= 11 is 0. The second-order valence-corrected chi connectivity index (χ2v) is 7.68. The number of rotatable bonds is 8. The molecular formula is C21H21O4P. The Balaban J connectivity index is 1.68. The van der Waals surface area contributed by atoms with E-state index in [4.69, 9.17) is 9.26 Å². The van der Waals surface area contributed by atoms with Crippen molar-refractivity contribution >= 4 is 7.60 Å². The first kappa shape index (κ1) is 18.4. The van der Waals surface area contributed by atoms with Crippen molar-refractivity contribution < 1.29 is 18.7 Å². The van der Waals surface area contributed by atoms with Gasteiger partial charge in [-0.15, -0.1) is 0 Å². The van der Waals surface area contributed by atoms with Gasteiger partial charge in [0, 0.05) is 5.92 Å². The van der Waals surface area contributed by atoms with Crippen LogP contribution in [0.25, 0.3) is 0 Å². The van der Waals surface area contributed by atoms with Gasteiger partial charge in [-0.25, -0.2) is 0 Å². The summed E-state index contributed by atoms with van der Waals surface area (Å²) in [5, 5.41) is 0. The topological polar surface area (TPSA) is 55.8 Å². The molecule has 134 valence electrons. The molecule has 5 heteroatoms. The molecule has 0 aliphatic heterocycles. The molecule has 0 heterocycles. The number of hydrogen-bond acceptors (Lipinski definition) is 3. The zero-order chi connectivity index (χ0) is 18.2. The van der Waals surface area contributed by atoms with E-state index in [1.165, 1.54) is 0 Å². The summed E-state index contributed by atoms with van der Waals surface area (Å²) in [5.74, 6) is 0.405. The largest absolute Gasteiger partial charge is 0.481 e. The van der Waals surface area contributed by atoms with Crippen LogP contribution in [0.4, 0.5) is 0 Å². The predicted octanol–water partition coefficient (Wildman–Crippen LogP) is 5.06. The van der Waals surface area contributed by atoms with Crippen LogP contribution in [0, 0.1) is 0 Å². The van der Waals surface area contributed by atoms with E-state index in [1.54, 1.807) is 24.3 Å². The van der Waals surface area contributed by atoms with E-state index in [0.29, 0.717) is 5.75 Å². The fourth-order valence-corrected chi connectivity index (χ4v) is 3.43. The van der Waals surface area contributed by atoms with Crippen LogP contribution < -0.4 is 4.74 Å². The number of ether oxygens (including phenoxy) is 1. The van der Waals surface area contributed by atoms with Crippen molar-refractivity contribution in [1.82, 2.24) is 0 Å². The lowest BCUT2D eigenvalue weighted by Crippen LogP contribution is -2.11. The van der Waals surface area contributed by atoms with Crippen molar-refractivity contribution in [3.63, 3.8) is 0 Å². The van der Waals surface area contributed by atoms with Crippen LogP contribution in [-0.2, 0) is 9.09 Å². The molecule has 0 aliphatic carbocycles. The van der Waals surface area contributed by atoms with Gasteiger partial charge in [0.1, 0.15) is 5.75 Å². The van der Waals surface area contributed by atoms with Crippen molar-refractivity contribution in [2.24, 2.45) is 0 Å². The summed E-state index contributed by atoms with van der Waals surface area (Å²) in [6.07, 6.45) is -0.382. The van der Waals surface area contributed by atoms with Gasteiger partial charge in [-0.1, -0.05) is 78.9 Å². The second kappa shape index (κ2) is 8.81. The van der Waals surface area contributed by atoms with Crippen LogP contribution in [0.5, 0.6) is 5.75 Å². The van der Waals surface area contributed by atoms with Gasteiger partial charge in [0.15, 0.2) is 6.35 Å². The first-order chi connectivity index (χ1) is 12.6. The van der Waals surface area contributed by atoms with Gasteiger partial charge >= 0.3 is 7.60 Å². The van der Waals surface area contributed by atoms with Crippen molar-refractivity contribution in [1.29, 1.82) is 0 Å². The smallest absolute Gasteiger partial charge is 0.365 e. The molecule has 0 saturated carbocycles. The molecule has 0 spiro atoms. The average molecular weight is 368 g/mol. The van der Waals surface area contributed by atoms with Crippen LogP contribution in [0.1, 0.15) is 17.0 Å². The van der Waals surface area contributed by atoms with Gasteiger partial charge in [0.2, 0.25) is 0 Å². The first-order valence-electron chi connectivity index (χ1n) is 8.38. The fraction of sp³-hybridized carbons (Fsp3) is 0.143.